The molecular formula is C20H14F3N3. The molecule has 0 radical (unpaired) electrons. The SMILES string of the molecule is Cc1cccc(-c2cc(-c3ccc(C(F)(F)F)cc3)nc3nccn23)c1. The normalized spacial score (nSPS) is 11.8. The van der Waals surface area contributed by atoms with E-state index in [0.29, 0.717) is 17.0 Å². The molecule has 0 spiro atoms. The van der Waals surface area contributed by atoms with Gasteiger partial charge >= 0.3 is 6.18 Å². The molecular weight excluding hydrogens is 339 g/mol. The molecule has 0 aliphatic rings. The summed E-state index contributed by atoms with van der Waals surface area (Å²) in [5.41, 5.74) is 3.49. The second-order valence-corrected chi connectivity index (χ2v) is 6.07. The van der Waals surface area contributed by atoms with Crippen LogP contribution in [0.4, 0.5) is 13.2 Å². The second-order valence-electron chi connectivity index (χ2n) is 6.07. The van der Waals surface area contributed by atoms with Gasteiger partial charge in [0.25, 0.3) is 0 Å². The molecule has 4 aromatic rings. The molecule has 4 rings (SSSR count). The lowest BCUT2D eigenvalue weighted by molar-refractivity contribution is -0.137. The number of aromatic nitrogens is 3. The Morgan fingerprint density at radius 2 is 1.69 bits per heavy atom. The fraction of sp³-hybridized carbons (Fsp3) is 0.100. The number of halogens is 3. The van der Waals surface area contributed by atoms with Crippen molar-refractivity contribution in [3.63, 3.8) is 0 Å². The van der Waals surface area contributed by atoms with Gasteiger partial charge in [-0.2, -0.15) is 13.2 Å². The fourth-order valence-corrected chi connectivity index (χ4v) is 2.91. The maximum Gasteiger partial charge on any atom is 0.416 e. The topological polar surface area (TPSA) is 30.2 Å². The molecule has 0 atom stereocenters. The first-order valence-corrected chi connectivity index (χ1v) is 8.00. The first kappa shape index (κ1) is 16.3. The predicted molar refractivity (Wildman–Crippen MR) is 93.6 cm³/mol. The maximum atomic E-state index is 12.8. The minimum atomic E-state index is -4.36. The summed E-state index contributed by atoms with van der Waals surface area (Å²) in [6.07, 6.45) is -0.888. The first-order valence-electron chi connectivity index (χ1n) is 8.00. The summed E-state index contributed by atoms with van der Waals surface area (Å²) >= 11 is 0. The van der Waals surface area contributed by atoms with Crippen molar-refractivity contribution in [2.24, 2.45) is 0 Å². The largest absolute Gasteiger partial charge is 0.416 e. The van der Waals surface area contributed by atoms with Crippen LogP contribution in [0.3, 0.4) is 0 Å². The predicted octanol–water partition coefficient (Wildman–Crippen LogP) is 5.39. The van der Waals surface area contributed by atoms with Gasteiger partial charge < -0.3 is 0 Å². The van der Waals surface area contributed by atoms with E-state index in [-0.39, 0.29) is 0 Å². The zero-order chi connectivity index (χ0) is 18.3. The molecule has 0 amide bonds. The number of benzene rings is 2. The smallest absolute Gasteiger partial charge is 0.284 e. The Bertz CT molecular complexity index is 1080. The molecule has 2 aromatic heterocycles. The number of alkyl halides is 3. The molecule has 0 bridgehead atoms. The third-order valence-electron chi connectivity index (χ3n) is 4.20. The van der Waals surface area contributed by atoms with E-state index < -0.39 is 11.7 Å². The number of hydrogen-bond donors (Lipinski definition) is 0. The van der Waals surface area contributed by atoms with Gasteiger partial charge in [0.2, 0.25) is 5.78 Å². The lowest BCUT2D eigenvalue weighted by atomic mass is 10.0. The van der Waals surface area contributed by atoms with Gasteiger partial charge in [-0.25, -0.2) is 9.97 Å². The summed E-state index contributed by atoms with van der Waals surface area (Å²) < 4.78 is 40.2. The van der Waals surface area contributed by atoms with E-state index in [1.807, 2.05) is 47.9 Å². The third kappa shape index (κ3) is 2.94. The number of fused-ring (bicyclic) bond motifs is 1. The Morgan fingerprint density at radius 1 is 0.923 bits per heavy atom. The van der Waals surface area contributed by atoms with Crippen LogP contribution in [0.15, 0.2) is 67.0 Å². The van der Waals surface area contributed by atoms with Crippen LogP contribution in [-0.2, 0) is 6.18 Å². The molecule has 0 saturated heterocycles. The van der Waals surface area contributed by atoms with Crippen LogP contribution >= 0.6 is 0 Å². The van der Waals surface area contributed by atoms with Crippen molar-refractivity contribution < 1.29 is 13.2 Å². The molecule has 0 fully saturated rings. The molecule has 0 saturated carbocycles. The van der Waals surface area contributed by atoms with Crippen molar-refractivity contribution in [3.8, 4) is 22.5 Å². The standard InChI is InChI=1S/C20H14F3N3/c1-13-3-2-4-15(11-13)18-12-17(25-19-24-9-10-26(18)19)14-5-7-16(8-6-14)20(21,22)23/h2-12H,1H3. The van der Waals surface area contributed by atoms with E-state index in [1.165, 1.54) is 12.1 Å². The summed E-state index contributed by atoms with van der Waals surface area (Å²) in [6.45, 7) is 2.01. The Hall–Kier alpha value is -3.15. The van der Waals surface area contributed by atoms with Crippen LogP contribution in [-0.4, -0.2) is 14.4 Å². The molecule has 130 valence electrons. The maximum absolute atomic E-state index is 12.8. The Labute approximate surface area is 147 Å². The highest BCUT2D eigenvalue weighted by molar-refractivity contribution is 5.71. The molecule has 2 aromatic carbocycles. The highest BCUT2D eigenvalue weighted by atomic mass is 19.4. The first-order chi connectivity index (χ1) is 12.4. The quantitative estimate of drug-likeness (QED) is 0.484. The lowest BCUT2D eigenvalue weighted by Crippen LogP contribution is -2.04. The zero-order valence-electron chi connectivity index (χ0n) is 13.8. The van der Waals surface area contributed by atoms with E-state index in [9.17, 15) is 13.2 Å². The van der Waals surface area contributed by atoms with Crippen LogP contribution in [0.5, 0.6) is 0 Å². The van der Waals surface area contributed by atoms with E-state index in [0.717, 1.165) is 29.0 Å². The van der Waals surface area contributed by atoms with Crippen molar-refractivity contribution >= 4 is 5.78 Å². The van der Waals surface area contributed by atoms with Crippen LogP contribution in [0.25, 0.3) is 28.3 Å². The van der Waals surface area contributed by atoms with E-state index in [1.54, 1.807) is 6.20 Å². The van der Waals surface area contributed by atoms with Crippen molar-refractivity contribution in [2.45, 2.75) is 13.1 Å². The second kappa shape index (κ2) is 5.98. The zero-order valence-corrected chi connectivity index (χ0v) is 13.8. The van der Waals surface area contributed by atoms with Gasteiger partial charge in [0.05, 0.1) is 17.0 Å². The lowest BCUT2D eigenvalue weighted by Gasteiger charge is -2.11. The number of rotatable bonds is 2. The number of hydrogen-bond acceptors (Lipinski definition) is 2. The van der Waals surface area contributed by atoms with Crippen molar-refractivity contribution in [3.05, 3.63) is 78.1 Å². The summed E-state index contributed by atoms with van der Waals surface area (Å²) in [5, 5.41) is 0. The molecule has 0 aliphatic heterocycles. The number of aryl methyl sites for hydroxylation is 1. The van der Waals surface area contributed by atoms with Crippen LogP contribution in [0.2, 0.25) is 0 Å². The van der Waals surface area contributed by atoms with Crippen LogP contribution in [0.1, 0.15) is 11.1 Å². The minimum absolute atomic E-state index is 0.499. The van der Waals surface area contributed by atoms with Crippen molar-refractivity contribution in [1.29, 1.82) is 0 Å². The molecule has 2 heterocycles. The van der Waals surface area contributed by atoms with Gasteiger partial charge in [-0.05, 0) is 36.8 Å². The fourth-order valence-electron chi connectivity index (χ4n) is 2.91. The summed E-state index contributed by atoms with van der Waals surface area (Å²) in [6, 6.07) is 14.9. The highest BCUT2D eigenvalue weighted by Crippen LogP contribution is 2.32. The Morgan fingerprint density at radius 3 is 2.38 bits per heavy atom. The van der Waals surface area contributed by atoms with E-state index in [4.69, 9.17) is 0 Å². The van der Waals surface area contributed by atoms with E-state index >= 15 is 0 Å². The van der Waals surface area contributed by atoms with Crippen molar-refractivity contribution in [1.82, 2.24) is 14.4 Å². The van der Waals surface area contributed by atoms with Crippen molar-refractivity contribution in [2.75, 3.05) is 0 Å². The van der Waals surface area contributed by atoms with Gasteiger partial charge in [-0.1, -0.05) is 35.9 Å². The van der Waals surface area contributed by atoms with Gasteiger partial charge in [0, 0.05) is 18.0 Å². The minimum Gasteiger partial charge on any atom is -0.284 e. The van der Waals surface area contributed by atoms with Crippen LogP contribution < -0.4 is 0 Å². The van der Waals surface area contributed by atoms with Gasteiger partial charge in [-0.15, -0.1) is 0 Å². The Balaban J connectivity index is 1.87. The molecule has 0 unspecified atom stereocenters. The van der Waals surface area contributed by atoms with E-state index in [2.05, 4.69) is 9.97 Å². The number of imidazole rings is 1. The molecule has 6 heteroatoms. The molecule has 0 aliphatic carbocycles. The average Bonchev–Trinajstić information content (AvgIpc) is 3.09. The van der Waals surface area contributed by atoms with Crippen LogP contribution in [0, 0.1) is 6.92 Å². The summed E-state index contributed by atoms with van der Waals surface area (Å²) in [4.78, 5) is 8.72. The summed E-state index contributed by atoms with van der Waals surface area (Å²) in [5.74, 6) is 0.499. The molecule has 0 N–H and O–H groups in total. The average molecular weight is 353 g/mol. The van der Waals surface area contributed by atoms with Gasteiger partial charge in [0.15, 0.2) is 0 Å². The molecule has 3 nitrogen and oxygen atoms in total. The Kier molecular flexibility index (Phi) is 3.76. The highest BCUT2D eigenvalue weighted by Gasteiger charge is 2.30. The van der Waals surface area contributed by atoms with Gasteiger partial charge in [0.1, 0.15) is 0 Å². The van der Waals surface area contributed by atoms with Gasteiger partial charge in [-0.3, -0.25) is 4.40 Å². The summed E-state index contributed by atoms with van der Waals surface area (Å²) in [7, 11) is 0. The molecule has 26 heavy (non-hydrogen) atoms. The monoisotopic (exact) mass is 353 g/mol. The third-order valence-corrected chi connectivity index (χ3v) is 4.20. The number of nitrogens with zero attached hydrogens (tertiary/aromatic N) is 3.